The predicted octanol–water partition coefficient (Wildman–Crippen LogP) is 2.09. The summed E-state index contributed by atoms with van der Waals surface area (Å²) in [6, 6.07) is 0.333. The van der Waals surface area contributed by atoms with E-state index in [1.807, 2.05) is 0 Å². The predicted molar refractivity (Wildman–Crippen MR) is 75.0 cm³/mol. The minimum absolute atomic E-state index is 0.000733. The maximum atomic E-state index is 9.62. The second-order valence-electron chi connectivity index (χ2n) is 7.35. The lowest BCUT2D eigenvalue weighted by molar-refractivity contribution is 0.0292. The zero-order chi connectivity index (χ0) is 14.0. The lowest BCUT2D eigenvalue weighted by Crippen LogP contribution is -2.58. The molecule has 3 N–H and O–H groups in total. The average Bonchev–Trinajstić information content (AvgIpc) is 2.14. The van der Waals surface area contributed by atoms with Gasteiger partial charge in [0.1, 0.15) is 0 Å². The van der Waals surface area contributed by atoms with Crippen LogP contribution in [0.15, 0.2) is 0 Å². The first-order chi connectivity index (χ1) is 7.42. The maximum Gasteiger partial charge on any atom is 0.0602 e. The summed E-state index contributed by atoms with van der Waals surface area (Å²) in [5, 5.41) is 9.62. The van der Waals surface area contributed by atoms with Crippen LogP contribution in [0, 0.1) is 10.8 Å². The van der Waals surface area contributed by atoms with Gasteiger partial charge in [-0.25, -0.2) is 0 Å². The molecule has 0 spiro atoms. The zero-order valence-corrected chi connectivity index (χ0v) is 12.9. The van der Waals surface area contributed by atoms with Crippen LogP contribution in [0.1, 0.15) is 48.5 Å². The van der Waals surface area contributed by atoms with Crippen molar-refractivity contribution < 1.29 is 5.11 Å². The Morgan fingerprint density at radius 3 is 1.71 bits per heavy atom. The third-order valence-electron chi connectivity index (χ3n) is 3.99. The molecule has 0 rings (SSSR count). The van der Waals surface area contributed by atoms with Crippen molar-refractivity contribution in [2.24, 2.45) is 16.6 Å². The van der Waals surface area contributed by atoms with Crippen LogP contribution in [0.5, 0.6) is 0 Å². The molecule has 3 nitrogen and oxygen atoms in total. The fraction of sp³-hybridized carbons (Fsp3) is 1.00. The van der Waals surface area contributed by atoms with E-state index >= 15 is 0 Å². The largest absolute Gasteiger partial charge is 0.395 e. The van der Waals surface area contributed by atoms with Crippen molar-refractivity contribution >= 4 is 0 Å². The molecule has 3 atom stereocenters. The number of aliphatic hydroxyl groups excluding tert-OH is 1. The third kappa shape index (κ3) is 4.57. The van der Waals surface area contributed by atoms with Gasteiger partial charge in [0.15, 0.2) is 0 Å². The van der Waals surface area contributed by atoms with Gasteiger partial charge in [-0.3, -0.25) is 4.90 Å². The van der Waals surface area contributed by atoms with Gasteiger partial charge in [0, 0.05) is 18.1 Å². The minimum atomic E-state index is -0.0395. The normalized spacial score (nSPS) is 19.2. The first-order valence-electron chi connectivity index (χ1n) is 6.51. The molecule has 0 radical (unpaired) electrons. The number of likely N-dealkylation sites (N-methyl/N-ethyl adjacent to an activating group) is 1. The van der Waals surface area contributed by atoms with E-state index in [4.69, 9.17) is 5.73 Å². The van der Waals surface area contributed by atoms with Crippen molar-refractivity contribution in [2.45, 2.75) is 66.6 Å². The van der Waals surface area contributed by atoms with Gasteiger partial charge >= 0.3 is 0 Å². The van der Waals surface area contributed by atoms with E-state index in [0.29, 0.717) is 6.04 Å². The SMILES string of the molecule is CC(N(C)C(CO)C(N)C(C)(C)C)C(C)(C)C. The molecule has 0 aliphatic rings. The molecule has 17 heavy (non-hydrogen) atoms. The van der Waals surface area contributed by atoms with Gasteiger partial charge in [-0.2, -0.15) is 0 Å². The molecule has 0 saturated carbocycles. The highest BCUT2D eigenvalue weighted by molar-refractivity contribution is 4.92. The van der Waals surface area contributed by atoms with Crippen LogP contribution in [-0.4, -0.2) is 41.8 Å². The van der Waals surface area contributed by atoms with E-state index in [-0.39, 0.29) is 29.5 Å². The molecule has 0 heterocycles. The van der Waals surface area contributed by atoms with Gasteiger partial charge in [-0.15, -0.1) is 0 Å². The Bertz CT molecular complexity index is 227. The molecule has 0 aliphatic carbocycles. The van der Waals surface area contributed by atoms with E-state index in [9.17, 15) is 5.11 Å². The second-order valence-corrected chi connectivity index (χ2v) is 7.35. The van der Waals surface area contributed by atoms with E-state index in [1.165, 1.54) is 0 Å². The summed E-state index contributed by atoms with van der Waals surface area (Å²) in [6.45, 7) is 15.3. The smallest absolute Gasteiger partial charge is 0.0602 e. The Hall–Kier alpha value is -0.120. The summed E-state index contributed by atoms with van der Waals surface area (Å²) in [5.41, 5.74) is 6.47. The molecule has 0 aromatic carbocycles. The molecule has 104 valence electrons. The summed E-state index contributed by atoms with van der Waals surface area (Å²) in [7, 11) is 2.06. The Morgan fingerprint density at radius 2 is 1.47 bits per heavy atom. The highest BCUT2D eigenvalue weighted by Gasteiger charge is 2.35. The third-order valence-corrected chi connectivity index (χ3v) is 3.99. The molecule has 0 bridgehead atoms. The van der Waals surface area contributed by atoms with Crippen LogP contribution < -0.4 is 5.73 Å². The average molecular weight is 244 g/mol. The molecule has 3 unspecified atom stereocenters. The van der Waals surface area contributed by atoms with Gasteiger partial charge in [0.25, 0.3) is 0 Å². The van der Waals surface area contributed by atoms with Crippen LogP contribution in [-0.2, 0) is 0 Å². The summed E-state index contributed by atoms with van der Waals surface area (Å²) in [5.74, 6) is 0. The summed E-state index contributed by atoms with van der Waals surface area (Å²) in [6.07, 6.45) is 0. The number of hydrogen-bond acceptors (Lipinski definition) is 3. The molecule has 0 aromatic rings. The fourth-order valence-corrected chi connectivity index (χ4v) is 1.97. The monoisotopic (exact) mass is 244 g/mol. The maximum absolute atomic E-state index is 9.62. The molecular weight excluding hydrogens is 212 g/mol. The highest BCUT2D eigenvalue weighted by Crippen LogP contribution is 2.28. The molecular formula is C14H32N2O. The van der Waals surface area contributed by atoms with Crippen molar-refractivity contribution in [1.82, 2.24) is 4.90 Å². The summed E-state index contributed by atoms with van der Waals surface area (Å²) in [4.78, 5) is 2.22. The summed E-state index contributed by atoms with van der Waals surface area (Å²) < 4.78 is 0. The van der Waals surface area contributed by atoms with Gasteiger partial charge in [0.2, 0.25) is 0 Å². The topological polar surface area (TPSA) is 49.5 Å². The molecule has 0 amide bonds. The van der Waals surface area contributed by atoms with E-state index in [0.717, 1.165) is 0 Å². The van der Waals surface area contributed by atoms with Crippen LogP contribution >= 0.6 is 0 Å². The number of rotatable bonds is 4. The lowest BCUT2D eigenvalue weighted by atomic mass is 9.80. The minimum Gasteiger partial charge on any atom is -0.395 e. The van der Waals surface area contributed by atoms with Crippen LogP contribution in [0.2, 0.25) is 0 Å². The van der Waals surface area contributed by atoms with E-state index < -0.39 is 0 Å². The standard InChI is InChI=1S/C14H32N2O/c1-10(13(2,3)4)16(8)11(9-17)12(15)14(5,6)7/h10-12,17H,9,15H2,1-8H3. The molecule has 0 aliphatic heterocycles. The van der Waals surface area contributed by atoms with Crippen molar-refractivity contribution in [2.75, 3.05) is 13.7 Å². The first-order valence-corrected chi connectivity index (χ1v) is 6.51. The van der Waals surface area contributed by atoms with Gasteiger partial charge in [-0.1, -0.05) is 41.5 Å². The molecule has 3 heteroatoms. The molecule has 0 saturated heterocycles. The molecule has 0 fully saturated rings. The van der Waals surface area contributed by atoms with Gasteiger partial charge < -0.3 is 10.8 Å². The fourth-order valence-electron chi connectivity index (χ4n) is 1.97. The van der Waals surface area contributed by atoms with Crippen molar-refractivity contribution in [3.63, 3.8) is 0 Å². The van der Waals surface area contributed by atoms with Crippen molar-refractivity contribution in [3.05, 3.63) is 0 Å². The van der Waals surface area contributed by atoms with Crippen LogP contribution in [0.25, 0.3) is 0 Å². The molecule has 0 aromatic heterocycles. The quantitative estimate of drug-likeness (QED) is 0.796. The zero-order valence-electron chi connectivity index (χ0n) is 12.9. The Morgan fingerprint density at radius 1 is 1.06 bits per heavy atom. The number of nitrogens with two attached hydrogens (primary N) is 1. The van der Waals surface area contributed by atoms with Crippen LogP contribution in [0.4, 0.5) is 0 Å². The second kappa shape index (κ2) is 5.68. The van der Waals surface area contributed by atoms with E-state index in [2.05, 4.69) is 60.4 Å². The Labute approximate surface area is 107 Å². The summed E-state index contributed by atoms with van der Waals surface area (Å²) >= 11 is 0. The van der Waals surface area contributed by atoms with Crippen molar-refractivity contribution in [3.8, 4) is 0 Å². The number of nitrogens with zero attached hydrogens (tertiary/aromatic N) is 1. The first kappa shape index (κ1) is 16.9. The number of aliphatic hydroxyl groups is 1. The Kier molecular flexibility index (Phi) is 5.64. The van der Waals surface area contributed by atoms with Gasteiger partial charge in [-0.05, 0) is 24.8 Å². The van der Waals surface area contributed by atoms with Crippen LogP contribution in [0.3, 0.4) is 0 Å². The number of hydrogen-bond donors (Lipinski definition) is 2. The van der Waals surface area contributed by atoms with E-state index in [1.54, 1.807) is 0 Å². The van der Waals surface area contributed by atoms with Gasteiger partial charge in [0.05, 0.1) is 6.61 Å². The highest BCUT2D eigenvalue weighted by atomic mass is 16.3. The Balaban J connectivity index is 4.90. The lowest BCUT2D eigenvalue weighted by Gasteiger charge is -2.44. The van der Waals surface area contributed by atoms with Crippen molar-refractivity contribution in [1.29, 1.82) is 0 Å².